The molecule has 3 aromatic rings. The van der Waals surface area contributed by atoms with Crippen molar-refractivity contribution in [1.82, 2.24) is 9.47 Å². The molecule has 3 heterocycles. The molecule has 0 atom stereocenters. The van der Waals surface area contributed by atoms with Crippen molar-refractivity contribution in [2.45, 2.75) is 12.6 Å². The van der Waals surface area contributed by atoms with E-state index < -0.39 is 0 Å². The van der Waals surface area contributed by atoms with Gasteiger partial charge in [0.15, 0.2) is 0 Å². The Hall–Kier alpha value is -3.96. The van der Waals surface area contributed by atoms with E-state index in [0.717, 1.165) is 41.2 Å². The van der Waals surface area contributed by atoms with Gasteiger partial charge in [-0.1, -0.05) is 17.4 Å². The van der Waals surface area contributed by atoms with E-state index in [1.165, 1.54) is 5.69 Å². The van der Waals surface area contributed by atoms with Gasteiger partial charge in [0.25, 0.3) is 0 Å². The number of aliphatic imine (C=N–C) groups is 1. The molecule has 0 saturated carbocycles. The van der Waals surface area contributed by atoms with Gasteiger partial charge in [0.05, 0.1) is 23.0 Å². The van der Waals surface area contributed by atoms with E-state index >= 15 is 0 Å². The second-order valence-corrected chi connectivity index (χ2v) is 8.42. The Bertz CT molecular complexity index is 1250. The van der Waals surface area contributed by atoms with E-state index in [9.17, 15) is 0 Å². The minimum Gasteiger partial charge on any atom is -0.368 e. The first kappa shape index (κ1) is 20.0. The largest absolute Gasteiger partial charge is 0.368 e. The van der Waals surface area contributed by atoms with Gasteiger partial charge in [0.1, 0.15) is 0 Å². The lowest BCUT2D eigenvalue weighted by Gasteiger charge is -2.44. The highest BCUT2D eigenvalue weighted by Gasteiger charge is 2.29. The standard InChI is InChI=1S/C24H24N8/c1-30(2)21-14-31(15-21)20-7-8-22-19(9-20)13-32-12-18(10-23(32)24(27-22)28-29-26)17-5-3-16(11-25)4-6-17/h3-10,12,21H,13-15H2,1-2H3,(H2,26,27,28). The van der Waals surface area contributed by atoms with Crippen molar-refractivity contribution in [2.24, 2.45) is 21.2 Å². The third kappa shape index (κ3) is 3.53. The Morgan fingerprint density at radius 1 is 1.09 bits per heavy atom. The molecule has 0 unspecified atom stereocenters. The van der Waals surface area contributed by atoms with Crippen LogP contribution in [0.5, 0.6) is 0 Å². The summed E-state index contributed by atoms with van der Waals surface area (Å²) in [5.41, 5.74) is 6.76. The van der Waals surface area contributed by atoms with E-state index in [1.807, 2.05) is 36.4 Å². The molecule has 1 aromatic heterocycles. The summed E-state index contributed by atoms with van der Waals surface area (Å²) in [6, 6.07) is 18.7. The summed E-state index contributed by atoms with van der Waals surface area (Å²) in [6.45, 7) is 2.73. The quantitative estimate of drug-likeness (QED) is 0.395. The molecule has 32 heavy (non-hydrogen) atoms. The molecule has 5 rings (SSSR count). The third-order valence-corrected chi connectivity index (χ3v) is 6.21. The highest BCUT2D eigenvalue weighted by Crippen LogP contribution is 2.34. The van der Waals surface area contributed by atoms with Crippen LogP contribution in [0.4, 0.5) is 11.4 Å². The SMILES string of the molecule is CN(C)C1CN(c2ccc3c(c2)Cn2cc(-c4ccc(C#N)cc4)cc2C(N=NN)=N3)C1. The van der Waals surface area contributed by atoms with E-state index in [4.69, 9.17) is 16.1 Å². The molecule has 0 aliphatic carbocycles. The predicted molar refractivity (Wildman–Crippen MR) is 125 cm³/mol. The Labute approximate surface area is 186 Å². The maximum atomic E-state index is 9.06. The normalized spacial score (nSPS) is 15.7. The minimum atomic E-state index is 0.482. The topological polar surface area (TPSA) is 98.3 Å². The molecular formula is C24H24N8. The van der Waals surface area contributed by atoms with Gasteiger partial charge in [0, 0.05) is 43.1 Å². The number of nitrogens with two attached hydrogens (primary N) is 1. The van der Waals surface area contributed by atoms with Crippen molar-refractivity contribution < 1.29 is 0 Å². The van der Waals surface area contributed by atoms with Crippen molar-refractivity contribution in [3.05, 3.63) is 71.5 Å². The average Bonchev–Trinajstić information content (AvgIpc) is 3.11. The molecule has 2 aromatic carbocycles. The van der Waals surface area contributed by atoms with Crippen molar-refractivity contribution in [1.29, 1.82) is 5.26 Å². The zero-order valence-corrected chi connectivity index (χ0v) is 18.1. The fourth-order valence-electron chi connectivity index (χ4n) is 4.20. The van der Waals surface area contributed by atoms with Gasteiger partial charge in [0.2, 0.25) is 5.84 Å². The van der Waals surface area contributed by atoms with Crippen LogP contribution in [0.15, 0.2) is 70.1 Å². The van der Waals surface area contributed by atoms with Gasteiger partial charge in [-0.3, -0.25) is 0 Å². The summed E-state index contributed by atoms with van der Waals surface area (Å²) in [7, 11) is 4.25. The number of nitrogens with zero attached hydrogens (tertiary/aromatic N) is 7. The molecule has 0 radical (unpaired) electrons. The smallest absolute Gasteiger partial charge is 0.200 e. The number of likely N-dealkylation sites (N-methyl/N-ethyl adjacent to an activating group) is 1. The molecule has 160 valence electrons. The number of nitriles is 1. The lowest BCUT2D eigenvalue weighted by molar-refractivity contribution is 0.247. The molecule has 2 aliphatic heterocycles. The van der Waals surface area contributed by atoms with E-state index in [2.05, 4.69) is 63.2 Å². The number of hydrogen-bond acceptors (Lipinski definition) is 6. The van der Waals surface area contributed by atoms with E-state index in [1.54, 1.807) is 0 Å². The van der Waals surface area contributed by atoms with Crippen LogP contribution in [-0.4, -0.2) is 48.5 Å². The van der Waals surface area contributed by atoms with Crippen LogP contribution in [-0.2, 0) is 6.54 Å². The van der Waals surface area contributed by atoms with Crippen LogP contribution in [0.3, 0.4) is 0 Å². The lowest BCUT2D eigenvalue weighted by Crippen LogP contribution is -2.57. The summed E-state index contributed by atoms with van der Waals surface area (Å²) in [5, 5.41) is 16.7. The Morgan fingerprint density at radius 2 is 1.88 bits per heavy atom. The average molecular weight is 425 g/mol. The third-order valence-electron chi connectivity index (χ3n) is 6.21. The molecule has 8 heteroatoms. The number of fused-ring (bicyclic) bond motifs is 2. The number of aromatic nitrogens is 1. The maximum Gasteiger partial charge on any atom is 0.200 e. The maximum absolute atomic E-state index is 9.06. The van der Waals surface area contributed by atoms with Crippen molar-refractivity contribution in [3.8, 4) is 17.2 Å². The summed E-state index contributed by atoms with van der Waals surface area (Å²) in [6.07, 6.45) is 2.09. The van der Waals surface area contributed by atoms with Crippen molar-refractivity contribution >= 4 is 17.2 Å². The molecule has 0 spiro atoms. The fourth-order valence-corrected chi connectivity index (χ4v) is 4.20. The second-order valence-electron chi connectivity index (χ2n) is 8.42. The molecular weight excluding hydrogens is 400 g/mol. The van der Waals surface area contributed by atoms with Crippen LogP contribution in [0.1, 0.15) is 16.8 Å². The van der Waals surface area contributed by atoms with E-state index in [-0.39, 0.29) is 0 Å². The summed E-state index contributed by atoms with van der Waals surface area (Å²) in [5.74, 6) is 5.87. The summed E-state index contributed by atoms with van der Waals surface area (Å²) in [4.78, 5) is 9.43. The molecule has 0 bridgehead atoms. The predicted octanol–water partition coefficient (Wildman–Crippen LogP) is 3.54. The number of amidine groups is 1. The van der Waals surface area contributed by atoms with Crippen LogP contribution >= 0.6 is 0 Å². The molecule has 2 aliphatic rings. The first-order valence-electron chi connectivity index (χ1n) is 10.5. The minimum absolute atomic E-state index is 0.482. The molecule has 1 saturated heterocycles. The van der Waals surface area contributed by atoms with Crippen LogP contribution in [0, 0.1) is 11.3 Å². The zero-order valence-electron chi connectivity index (χ0n) is 18.1. The lowest BCUT2D eigenvalue weighted by atomic mass is 10.0. The fraction of sp³-hybridized carbons (Fsp3) is 0.250. The number of benzene rings is 2. The Morgan fingerprint density at radius 3 is 2.56 bits per heavy atom. The number of hydrogen-bond donors (Lipinski definition) is 1. The van der Waals surface area contributed by atoms with Crippen molar-refractivity contribution in [2.75, 3.05) is 32.1 Å². The van der Waals surface area contributed by atoms with Gasteiger partial charge in [-0.15, -0.1) is 5.11 Å². The van der Waals surface area contributed by atoms with E-state index in [0.29, 0.717) is 24.0 Å². The number of rotatable bonds is 3. The van der Waals surface area contributed by atoms with Crippen LogP contribution in [0.25, 0.3) is 11.1 Å². The van der Waals surface area contributed by atoms with Crippen molar-refractivity contribution in [3.63, 3.8) is 0 Å². The first-order valence-corrected chi connectivity index (χ1v) is 10.5. The molecule has 8 nitrogen and oxygen atoms in total. The highest BCUT2D eigenvalue weighted by atomic mass is 15.3. The monoisotopic (exact) mass is 424 g/mol. The second kappa shape index (κ2) is 7.94. The van der Waals surface area contributed by atoms with Gasteiger partial charge < -0.3 is 20.2 Å². The van der Waals surface area contributed by atoms with Crippen LogP contribution in [0.2, 0.25) is 0 Å². The first-order chi connectivity index (χ1) is 15.6. The summed E-state index contributed by atoms with van der Waals surface area (Å²) >= 11 is 0. The van der Waals surface area contributed by atoms with Gasteiger partial charge in [-0.05, 0) is 61.6 Å². The van der Waals surface area contributed by atoms with Crippen LogP contribution < -0.4 is 10.7 Å². The highest BCUT2D eigenvalue weighted by molar-refractivity contribution is 6.01. The zero-order chi connectivity index (χ0) is 22.2. The molecule has 2 N–H and O–H groups in total. The molecule has 0 amide bonds. The Kier molecular flexibility index (Phi) is 4.96. The Balaban J connectivity index is 1.51. The summed E-state index contributed by atoms with van der Waals surface area (Å²) < 4.78 is 2.13. The molecule has 1 fully saturated rings. The number of anilines is 1. The van der Waals surface area contributed by atoms with Gasteiger partial charge in [-0.25, -0.2) is 4.99 Å². The van der Waals surface area contributed by atoms with Gasteiger partial charge >= 0.3 is 0 Å². The van der Waals surface area contributed by atoms with Gasteiger partial charge in [-0.2, -0.15) is 5.26 Å².